The lowest BCUT2D eigenvalue weighted by Crippen LogP contribution is -2.10. The Labute approximate surface area is 329 Å². The first-order valence-electron chi connectivity index (χ1n) is 19.2. The van der Waals surface area contributed by atoms with Crippen molar-refractivity contribution in [3.8, 4) is 44.8 Å². The smallest absolute Gasteiger partial charge is 0.227 e. The molecular weight excluding hydrogens is 697 g/mol. The number of nitrogens with zero attached hydrogens (tertiary/aromatic N) is 2. The molecule has 2 heterocycles. The molecule has 0 N–H and O–H groups in total. The lowest BCUT2D eigenvalue weighted by atomic mass is 10.00. The minimum atomic E-state index is 0.598. The predicted octanol–water partition coefficient (Wildman–Crippen LogP) is 15.0. The van der Waals surface area contributed by atoms with Crippen LogP contribution in [0.15, 0.2) is 215 Å². The fraction of sp³-hybridized carbons (Fsp3) is 0. The van der Waals surface area contributed by atoms with Crippen molar-refractivity contribution in [3.63, 3.8) is 0 Å². The molecule has 0 spiro atoms. The van der Waals surface area contributed by atoms with Gasteiger partial charge in [-0.2, -0.15) is 0 Å². The van der Waals surface area contributed by atoms with Crippen molar-refractivity contribution >= 4 is 60.9 Å². The van der Waals surface area contributed by atoms with Gasteiger partial charge in [0, 0.05) is 28.0 Å². The van der Waals surface area contributed by atoms with Crippen LogP contribution in [0.4, 0.5) is 17.1 Å². The Bertz CT molecular complexity index is 3220. The van der Waals surface area contributed by atoms with Gasteiger partial charge in [0.2, 0.25) is 5.89 Å². The maximum atomic E-state index is 6.42. The van der Waals surface area contributed by atoms with E-state index in [2.05, 4.69) is 169 Å². The lowest BCUT2D eigenvalue weighted by molar-refractivity contribution is 0.622. The van der Waals surface area contributed by atoms with E-state index in [9.17, 15) is 0 Å². The number of anilines is 3. The van der Waals surface area contributed by atoms with Crippen LogP contribution in [0.5, 0.6) is 0 Å². The normalized spacial score (nSPS) is 11.5. The minimum Gasteiger partial charge on any atom is -0.456 e. The third-order valence-corrected chi connectivity index (χ3v) is 10.9. The van der Waals surface area contributed by atoms with Gasteiger partial charge in [0.05, 0.1) is 5.39 Å². The molecule has 11 rings (SSSR count). The molecule has 11 aromatic rings. The van der Waals surface area contributed by atoms with Gasteiger partial charge in [0.15, 0.2) is 5.58 Å². The first-order valence-corrected chi connectivity index (χ1v) is 19.2. The summed E-state index contributed by atoms with van der Waals surface area (Å²) in [6.45, 7) is 0. The molecule has 0 unspecified atom stereocenters. The molecule has 0 aliphatic heterocycles. The number of rotatable bonds is 7. The van der Waals surface area contributed by atoms with Gasteiger partial charge < -0.3 is 13.7 Å². The number of hydrogen-bond donors (Lipinski definition) is 0. The molecule has 0 atom stereocenters. The van der Waals surface area contributed by atoms with E-state index in [0.29, 0.717) is 5.89 Å². The van der Waals surface area contributed by atoms with Gasteiger partial charge in [0.25, 0.3) is 0 Å². The summed E-state index contributed by atoms with van der Waals surface area (Å²) < 4.78 is 12.7. The van der Waals surface area contributed by atoms with Crippen LogP contribution in [0.25, 0.3) is 88.6 Å². The van der Waals surface area contributed by atoms with Gasteiger partial charge in [-0.05, 0) is 123 Å². The van der Waals surface area contributed by atoms with E-state index in [4.69, 9.17) is 13.8 Å². The third kappa shape index (κ3) is 5.92. The van der Waals surface area contributed by atoms with Gasteiger partial charge in [0.1, 0.15) is 16.7 Å². The minimum absolute atomic E-state index is 0.598. The maximum Gasteiger partial charge on any atom is 0.227 e. The van der Waals surface area contributed by atoms with Gasteiger partial charge in [-0.1, -0.05) is 127 Å². The number of benzene rings is 9. The highest BCUT2D eigenvalue weighted by Crippen LogP contribution is 2.41. The van der Waals surface area contributed by atoms with Crippen LogP contribution in [0.2, 0.25) is 0 Å². The Morgan fingerprint density at radius 3 is 1.67 bits per heavy atom. The molecule has 2 aromatic heterocycles. The quantitative estimate of drug-likeness (QED) is 0.164. The van der Waals surface area contributed by atoms with E-state index in [1.807, 2.05) is 42.5 Å². The lowest BCUT2D eigenvalue weighted by Gasteiger charge is -2.26. The molecule has 0 aliphatic carbocycles. The van der Waals surface area contributed by atoms with Crippen LogP contribution in [0.3, 0.4) is 0 Å². The molecule has 0 saturated heterocycles. The zero-order valence-electron chi connectivity index (χ0n) is 30.8. The highest BCUT2D eigenvalue weighted by Gasteiger charge is 2.18. The summed E-state index contributed by atoms with van der Waals surface area (Å²) in [5.41, 5.74) is 14.2. The Balaban J connectivity index is 0.988. The standard InChI is InChI=1S/C53H34N2O2/c1-3-10-35(11-4-1)37-20-25-44(26-21-37)55(46-17-9-16-41(33-46)42-19-18-36-12-7-8-15-40(36)32-42)45-27-22-38(23-28-45)43-24-30-49-47(34-43)51-50(56-49)31-29-48-52(51)57-53(54-48)39-13-5-2-6-14-39/h1-34H. The molecule has 0 amide bonds. The average Bonchev–Trinajstić information content (AvgIpc) is 3.89. The van der Waals surface area contributed by atoms with E-state index in [0.717, 1.165) is 72.4 Å². The largest absolute Gasteiger partial charge is 0.456 e. The first kappa shape index (κ1) is 32.7. The number of aromatic nitrogens is 1. The third-order valence-electron chi connectivity index (χ3n) is 10.9. The topological polar surface area (TPSA) is 42.4 Å². The van der Waals surface area contributed by atoms with Crippen LogP contribution in [-0.2, 0) is 0 Å². The summed E-state index contributed by atoms with van der Waals surface area (Å²) in [6, 6.07) is 72.6. The van der Waals surface area contributed by atoms with Gasteiger partial charge in [-0.15, -0.1) is 0 Å². The Hall–Kier alpha value is -7.69. The summed E-state index contributed by atoms with van der Waals surface area (Å²) in [4.78, 5) is 7.15. The molecular formula is C53H34N2O2. The first-order chi connectivity index (χ1) is 28.2. The second-order valence-corrected chi connectivity index (χ2v) is 14.4. The van der Waals surface area contributed by atoms with Gasteiger partial charge >= 0.3 is 0 Å². The van der Waals surface area contributed by atoms with Crippen LogP contribution >= 0.6 is 0 Å². The molecule has 268 valence electrons. The highest BCUT2D eigenvalue weighted by atomic mass is 16.4. The SMILES string of the molecule is c1ccc(-c2ccc(N(c3ccc(-c4ccc5oc6ccc7nc(-c8ccccc8)oc7c6c5c4)cc3)c3cccc(-c4ccc5ccccc5c4)c3)cc2)cc1. The zero-order chi connectivity index (χ0) is 37.7. The molecule has 0 fully saturated rings. The van der Waals surface area contributed by atoms with Gasteiger partial charge in [-0.3, -0.25) is 0 Å². The molecule has 0 saturated carbocycles. The second kappa shape index (κ2) is 13.6. The van der Waals surface area contributed by atoms with Crippen molar-refractivity contribution in [3.05, 3.63) is 206 Å². The number of furan rings is 1. The summed E-state index contributed by atoms with van der Waals surface area (Å²) in [5.74, 6) is 0.598. The van der Waals surface area contributed by atoms with E-state index in [-0.39, 0.29) is 0 Å². The molecule has 0 bridgehead atoms. The van der Waals surface area contributed by atoms with Crippen molar-refractivity contribution < 1.29 is 8.83 Å². The molecule has 57 heavy (non-hydrogen) atoms. The summed E-state index contributed by atoms with van der Waals surface area (Å²) in [5, 5.41) is 4.40. The predicted molar refractivity (Wildman–Crippen MR) is 235 cm³/mol. The monoisotopic (exact) mass is 730 g/mol. The fourth-order valence-electron chi connectivity index (χ4n) is 8.01. The van der Waals surface area contributed by atoms with Crippen molar-refractivity contribution in [2.75, 3.05) is 4.90 Å². The van der Waals surface area contributed by atoms with Crippen molar-refractivity contribution in [2.24, 2.45) is 0 Å². The number of fused-ring (bicyclic) bond motifs is 6. The molecule has 0 radical (unpaired) electrons. The number of hydrogen-bond acceptors (Lipinski definition) is 4. The van der Waals surface area contributed by atoms with Crippen molar-refractivity contribution in [1.29, 1.82) is 0 Å². The van der Waals surface area contributed by atoms with Crippen molar-refractivity contribution in [2.45, 2.75) is 0 Å². The highest BCUT2D eigenvalue weighted by molar-refractivity contribution is 6.17. The van der Waals surface area contributed by atoms with Crippen LogP contribution in [0, 0.1) is 0 Å². The van der Waals surface area contributed by atoms with Gasteiger partial charge in [-0.25, -0.2) is 4.98 Å². The average molecular weight is 731 g/mol. The Morgan fingerprint density at radius 1 is 0.351 bits per heavy atom. The van der Waals surface area contributed by atoms with Crippen LogP contribution in [0.1, 0.15) is 0 Å². The number of oxazole rings is 1. The maximum absolute atomic E-state index is 6.42. The zero-order valence-corrected chi connectivity index (χ0v) is 30.8. The summed E-state index contributed by atoms with van der Waals surface area (Å²) in [6.07, 6.45) is 0. The van der Waals surface area contributed by atoms with E-state index in [1.165, 1.54) is 27.5 Å². The fourth-order valence-corrected chi connectivity index (χ4v) is 8.01. The van der Waals surface area contributed by atoms with E-state index >= 15 is 0 Å². The van der Waals surface area contributed by atoms with E-state index < -0.39 is 0 Å². The second-order valence-electron chi connectivity index (χ2n) is 14.4. The summed E-state index contributed by atoms with van der Waals surface area (Å²) >= 11 is 0. The molecule has 4 nitrogen and oxygen atoms in total. The summed E-state index contributed by atoms with van der Waals surface area (Å²) in [7, 11) is 0. The van der Waals surface area contributed by atoms with E-state index in [1.54, 1.807) is 0 Å². The van der Waals surface area contributed by atoms with Crippen LogP contribution in [-0.4, -0.2) is 4.98 Å². The van der Waals surface area contributed by atoms with Crippen molar-refractivity contribution in [1.82, 2.24) is 4.98 Å². The Morgan fingerprint density at radius 2 is 0.912 bits per heavy atom. The molecule has 4 heteroatoms. The van der Waals surface area contributed by atoms with Crippen LogP contribution < -0.4 is 4.90 Å². The molecule has 9 aromatic carbocycles. The molecule has 0 aliphatic rings. The Kier molecular flexibility index (Phi) is 7.78.